The molecule has 4 heteroatoms. The fourth-order valence-corrected chi connectivity index (χ4v) is 3.20. The molecule has 108 valence electrons. The van der Waals surface area contributed by atoms with Gasteiger partial charge >= 0.3 is 0 Å². The van der Waals surface area contributed by atoms with Gasteiger partial charge in [0.2, 0.25) is 0 Å². The minimum Gasteiger partial charge on any atom is -0.289 e. The van der Waals surface area contributed by atoms with E-state index in [-0.39, 0.29) is 5.78 Å². The van der Waals surface area contributed by atoms with Gasteiger partial charge in [-0.05, 0) is 62.1 Å². The van der Waals surface area contributed by atoms with E-state index in [0.29, 0.717) is 0 Å². The number of allylic oxidation sites excluding steroid dienone is 1. The maximum Gasteiger partial charge on any atom is 0.189 e. The van der Waals surface area contributed by atoms with E-state index in [0.717, 1.165) is 52.7 Å². The van der Waals surface area contributed by atoms with Gasteiger partial charge in [-0.2, -0.15) is 5.10 Å². The SMILES string of the molecule is CCn1nccc1/C=C1\CCCc2cc(Br)ccc2C1=O. The summed E-state index contributed by atoms with van der Waals surface area (Å²) in [5, 5.41) is 4.26. The molecule has 0 bridgehead atoms. The Labute approximate surface area is 132 Å². The van der Waals surface area contributed by atoms with Gasteiger partial charge in [0.15, 0.2) is 5.78 Å². The van der Waals surface area contributed by atoms with E-state index in [4.69, 9.17) is 0 Å². The zero-order valence-corrected chi connectivity index (χ0v) is 13.6. The van der Waals surface area contributed by atoms with Crippen molar-refractivity contribution in [2.75, 3.05) is 0 Å². The van der Waals surface area contributed by atoms with Crippen LogP contribution in [-0.2, 0) is 13.0 Å². The number of rotatable bonds is 2. The van der Waals surface area contributed by atoms with Gasteiger partial charge in [-0.15, -0.1) is 0 Å². The van der Waals surface area contributed by atoms with Crippen molar-refractivity contribution in [2.24, 2.45) is 0 Å². The van der Waals surface area contributed by atoms with Crippen molar-refractivity contribution in [3.63, 3.8) is 0 Å². The number of aromatic nitrogens is 2. The zero-order valence-electron chi connectivity index (χ0n) is 12.0. The second kappa shape index (κ2) is 5.98. The van der Waals surface area contributed by atoms with E-state index >= 15 is 0 Å². The van der Waals surface area contributed by atoms with Gasteiger partial charge < -0.3 is 0 Å². The summed E-state index contributed by atoms with van der Waals surface area (Å²) >= 11 is 3.48. The molecule has 0 saturated heterocycles. The van der Waals surface area contributed by atoms with Gasteiger partial charge in [-0.25, -0.2) is 0 Å². The number of hydrogen-bond donors (Lipinski definition) is 0. The van der Waals surface area contributed by atoms with Gasteiger partial charge in [0.05, 0.1) is 5.69 Å². The predicted molar refractivity (Wildman–Crippen MR) is 87.3 cm³/mol. The lowest BCUT2D eigenvalue weighted by molar-refractivity contribution is 0.103. The van der Waals surface area contributed by atoms with Crippen molar-refractivity contribution in [3.05, 3.63) is 57.3 Å². The van der Waals surface area contributed by atoms with Crippen molar-refractivity contribution in [1.82, 2.24) is 9.78 Å². The summed E-state index contributed by atoms with van der Waals surface area (Å²) in [7, 11) is 0. The Balaban J connectivity index is 2.01. The number of Topliss-reactive ketones (excluding diaryl/α,β-unsaturated/α-hetero) is 1. The summed E-state index contributed by atoms with van der Waals surface area (Å²) in [5.41, 5.74) is 3.86. The molecular weight excluding hydrogens is 328 g/mol. The average Bonchev–Trinajstić information content (AvgIpc) is 2.87. The summed E-state index contributed by atoms with van der Waals surface area (Å²) in [4.78, 5) is 12.8. The van der Waals surface area contributed by atoms with E-state index in [2.05, 4.69) is 34.0 Å². The number of halogens is 1. The maximum atomic E-state index is 12.8. The number of benzene rings is 1. The molecule has 1 aromatic carbocycles. The van der Waals surface area contributed by atoms with Crippen LogP contribution in [0.2, 0.25) is 0 Å². The van der Waals surface area contributed by atoms with Crippen molar-refractivity contribution in [2.45, 2.75) is 32.7 Å². The minimum atomic E-state index is 0.152. The Bertz CT molecular complexity index is 715. The summed E-state index contributed by atoms with van der Waals surface area (Å²) in [5.74, 6) is 0.152. The van der Waals surface area contributed by atoms with Gasteiger partial charge in [0, 0.05) is 28.4 Å². The van der Waals surface area contributed by atoms with Crippen LogP contribution >= 0.6 is 15.9 Å². The molecule has 1 aliphatic carbocycles. The third kappa shape index (κ3) is 2.86. The molecule has 3 nitrogen and oxygen atoms in total. The van der Waals surface area contributed by atoms with Crippen LogP contribution < -0.4 is 0 Å². The zero-order chi connectivity index (χ0) is 14.8. The van der Waals surface area contributed by atoms with Gasteiger partial charge in [-0.1, -0.05) is 15.9 Å². The largest absolute Gasteiger partial charge is 0.289 e. The van der Waals surface area contributed by atoms with Gasteiger partial charge in [0.25, 0.3) is 0 Å². The van der Waals surface area contributed by atoms with Gasteiger partial charge in [0.1, 0.15) is 0 Å². The topological polar surface area (TPSA) is 34.9 Å². The molecule has 0 amide bonds. The second-order valence-electron chi connectivity index (χ2n) is 5.23. The Kier molecular flexibility index (Phi) is 4.06. The Hall–Kier alpha value is -1.68. The molecule has 0 radical (unpaired) electrons. The molecule has 0 spiro atoms. The van der Waals surface area contributed by atoms with E-state index in [1.165, 1.54) is 0 Å². The third-order valence-electron chi connectivity index (χ3n) is 3.87. The summed E-state index contributed by atoms with van der Waals surface area (Å²) in [6.45, 7) is 2.86. The second-order valence-corrected chi connectivity index (χ2v) is 6.14. The molecule has 0 unspecified atom stereocenters. The summed E-state index contributed by atoms with van der Waals surface area (Å²) < 4.78 is 2.94. The number of fused-ring (bicyclic) bond motifs is 1. The van der Waals surface area contributed by atoms with Crippen LogP contribution in [0.25, 0.3) is 6.08 Å². The maximum absolute atomic E-state index is 12.8. The quantitative estimate of drug-likeness (QED) is 0.602. The first-order valence-electron chi connectivity index (χ1n) is 7.24. The molecule has 0 saturated carbocycles. The first kappa shape index (κ1) is 14.3. The molecule has 0 aliphatic heterocycles. The van der Waals surface area contributed by atoms with Crippen LogP contribution in [0.3, 0.4) is 0 Å². The molecule has 21 heavy (non-hydrogen) atoms. The number of aryl methyl sites for hydroxylation is 2. The number of hydrogen-bond acceptors (Lipinski definition) is 2. The Morgan fingerprint density at radius 3 is 3.00 bits per heavy atom. The highest BCUT2D eigenvalue weighted by molar-refractivity contribution is 9.10. The van der Waals surface area contributed by atoms with Crippen molar-refractivity contribution >= 4 is 27.8 Å². The summed E-state index contributed by atoms with van der Waals surface area (Å²) in [6, 6.07) is 7.89. The Morgan fingerprint density at radius 1 is 1.33 bits per heavy atom. The molecule has 0 atom stereocenters. The number of carbonyl (C=O) groups excluding carboxylic acids is 1. The highest BCUT2D eigenvalue weighted by Gasteiger charge is 2.20. The van der Waals surface area contributed by atoms with Crippen molar-refractivity contribution < 1.29 is 4.79 Å². The molecular formula is C17H17BrN2O. The molecule has 1 aromatic heterocycles. The molecule has 1 heterocycles. The standard InChI is InChI=1S/C17H17BrN2O/c1-2-20-15(8-9-19-20)11-13-5-3-4-12-10-14(18)6-7-16(12)17(13)21/h6-11H,2-5H2,1H3/b13-11+. The van der Waals surface area contributed by atoms with E-state index < -0.39 is 0 Å². The molecule has 0 N–H and O–H groups in total. The smallest absolute Gasteiger partial charge is 0.189 e. The third-order valence-corrected chi connectivity index (χ3v) is 4.36. The highest BCUT2D eigenvalue weighted by atomic mass is 79.9. The molecule has 0 fully saturated rings. The van der Waals surface area contributed by atoms with E-state index in [1.54, 1.807) is 6.20 Å². The predicted octanol–water partition coefficient (Wildman–Crippen LogP) is 4.27. The summed E-state index contributed by atoms with van der Waals surface area (Å²) in [6.07, 6.45) is 6.55. The first-order chi connectivity index (χ1) is 10.2. The minimum absolute atomic E-state index is 0.152. The lowest BCUT2D eigenvalue weighted by atomic mass is 9.99. The number of carbonyl (C=O) groups is 1. The lowest BCUT2D eigenvalue weighted by Gasteiger charge is -2.06. The van der Waals surface area contributed by atoms with Crippen LogP contribution in [0, 0.1) is 0 Å². The Morgan fingerprint density at radius 2 is 2.19 bits per heavy atom. The number of ketones is 1. The molecule has 2 aromatic rings. The molecule has 3 rings (SSSR count). The normalized spacial score (nSPS) is 16.9. The van der Waals surface area contributed by atoms with E-state index in [1.807, 2.05) is 29.0 Å². The lowest BCUT2D eigenvalue weighted by Crippen LogP contribution is -2.05. The monoisotopic (exact) mass is 344 g/mol. The fourth-order valence-electron chi connectivity index (χ4n) is 2.79. The van der Waals surface area contributed by atoms with Crippen LogP contribution in [0.15, 0.2) is 40.5 Å². The van der Waals surface area contributed by atoms with Crippen LogP contribution in [0.4, 0.5) is 0 Å². The van der Waals surface area contributed by atoms with Crippen molar-refractivity contribution in [3.8, 4) is 0 Å². The first-order valence-corrected chi connectivity index (χ1v) is 8.04. The highest BCUT2D eigenvalue weighted by Crippen LogP contribution is 2.27. The molecule has 1 aliphatic rings. The fraction of sp³-hybridized carbons (Fsp3) is 0.294. The number of nitrogens with zero attached hydrogens (tertiary/aromatic N) is 2. The van der Waals surface area contributed by atoms with Crippen LogP contribution in [0.1, 0.15) is 41.4 Å². The van der Waals surface area contributed by atoms with Crippen molar-refractivity contribution in [1.29, 1.82) is 0 Å². The van der Waals surface area contributed by atoms with E-state index in [9.17, 15) is 4.79 Å². The average molecular weight is 345 g/mol. The van der Waals surface area contributed by atoms with Crippen LogP contribution in [0.5, 0.6) is 0 Å². The van der Waals surface area contributed by atoms with Gasteiger partial charge in [-0.3, -0.25) is 9.48 Å². The van der Waals surface area contributed by atoms with Crippen LogP contribution in [-0.4, -0.2) is 15.6 Å².